The van der Waals surface area contributed by atoms with E-state index in [0.29, 0.717) is 48.1 Å². The lowest BCUT2D eigenvalue weighted by molar-refractivity contribution is -0.274. The molecular weight excluding hydrogens is 659 g/mol. The molecule has 2 N–H and O–H groups in total. The second-order valence-electron chi connectivity index (χ2n) is 19.3. The maximum absolute atomic E-state index is 15.2. The van der Waals surface area contributed by atoms with E-state index in [4.69, 9.17) is 15.2 Å². The number of aryl methyl sites for hydroxylation is 1. The number of nitrogens with zero attached hydrogens (tertiary/aromatic N) is 2. The highest BCUT2D eigenvalue weighted by Gasteiger charge is 2.91. The summed E-state index contributed by atoms with van der Waals surface area (Å²) in [5.41, 5.74) is 9.05. The van der Waals surface area contributed by atoms with E-state index in [-0.39, 0.29) is 17.9 Å². The fourth-order valence-electron chi connectivity index (χ4n) is 13.2. The summed E-state index contributed by atoms with van der Waals surface area (Å²) >= 11 is 0. The Hall–Kier alpha value is -2.90. The van der Waals surface area contributed by atoms with E-state index in [2.05, 4.69) is 80.8 Å². The molecule has 7 nitrogen and oxygen atoms in total. The topological polar surface area (TPSA) is 85.1 Å². The van der Waals surface area contributed by atoms with E-state index >= 15 is 4.79 Å². The minimum atomic E-state index is -0.957. The van der Waals surface area contributed by atoms with Gasteiger partial charge in [0, 0.05) is 55.3 Å². The minimum Gasteiger partial charge on any atom is -0.449 e. The number of ether oxygens (including phenoxy) is 2. The van der Waals surface area contributed by atoms with E-state index in [0.717, 1.165) is 113 Å². The number of nitrogens with two attached hydrogens (primary N) is 1. The molecule has 1 aromatic rings. The van der Waals surface area contributed by atoms with Gasteiger partial charge in [-0.1, -0.05) is 76.5 Å². The summed E-state index contributed by atoms with van der Waals surface area (Å²) in [7, 11) is 0. The average Bonchev–Trinajstić information content (AvgIpc) is 3.58. The van der Waals surface area contributed by atoms with Crippen LogP contribution >= 0.6 is 0 Å². The van der Waals surface area contributed by atoms with Crippen molar-refractivity contribution in [1.29, 1.82) is 0 Å². The predicted molar refractivity (Wildman–Crippen MR) is 207 cm³/mol. The fourth-order valence-corrected chi connectivity index (χ4v) is 13.2. The van der Waals surface area contributed by atoms with Crippen molar-refractivity contribution in [3.05, 3.63) is 70.1 Å². The quantitative estimate of drug-likeness (QED) is 0.214. The monoisotopic (exact) mass is 721 g/mol. The van der Waals surface area contributed by atoms with Gasteiger partial charge in [0.25, 0.3) is 0 Å². The number of rotatable bonds is 8. The highest BCUT2D eigenvalue weighted by Crippen LogP contribution is 2.84. The van der Waals surface area contributed by atoms with Crippen LogP contribution in [0, 0.1) is 52.3 Å². The lowest BCUT2D eigenvalue weighted by Crippen LogP contribution is -2.75. The first kappa shape index (κ1) is 35.8. The summed E-state index contributed by atoms with van der Waals surface area (Å²) in [6, 6.07) is 6.68. The van der Waals surface area contributed by atoms with Crippen molar-refractivity contribution in [2.45, 2.75) is 117 Å². The SMILES string of the molecule is CC(C)CCC(C)CC1C23C=C4CCC2(C(=CCC(C)N2CC5CC(CN(C5)C5=CCC(C)CC45)C2)OC3=O)C12OC(=O)c1c(CCCN)cccc12. The first-order chi connectivity index (χ1) is 25.5. The highest BCUT2D eigenvalue weighted by atomic mass is 16.6. The van der Waals surface area contributed by atoms with Gasteiger partial charge in [0.2, 0.25) is 0 Å². The molecule has 1 saturated carbocycles. The number of carbonyl (C=O) groups is 2. The molecule has 286 valence electrons. The van der Waals surface area contributed by atoms with Crippen LogP contribution in [0.5, 0.6) is 0 Å². The molecule has 11 aliphatic rings. The van der Waals surface area contributed by atoms with Crippen LogP contribution < -0.4 is 5.73 Å². The number of piperidine rings is 2. The summed E-state index contributed by atoms with van der Waals surface area (Å²) < 4.78 is 13.8. The Morgan fingerprint density at radius 1 is 0.981 bits per heavy atom. The molecule has 4 fully saturated rings. The maximum atomic E-state index is 15.2. The zero-order chi connectivity index (χ0) is 36.9. The van der Waals surface area contributed by atoms with Crippen LogP contribution in [0.15, 0.2) is 53.5 Å². The molecule has 53 heavy (non-hydrogen) atoms. The normalized spacial score (nSPS) is 40.0. The molecule has 0 aromatic heterocycles. The van der Waals surface area contributed by atoms with E-state index in [1.807, 2.05) is 0 Å². The Morgan fingerprint density at radius 3 is 2.53 bits per heavy atom. The van der Waals surface area contributed by atoms with Gasteiger partial charge in [-0.05, 0) is 112 Å². The summed E-state index contributed by atoms with van der Waals surface area (Å²) in [6.07, 6.45) is 17.9. The molecular formula is C46H63N3O4. The number of fused-ring (bicyclic) bond motifs is 2. The summed E-state index contributed by atoms with van der Waals surface area (Å²) in [4.78, 5) is 35.1. The van der Waals surface area contributed by atoms with Crippen molar-refractivity contribution in [3.8, 4) is 0 Å². The summed E-state index contributed by atoms with van der Waals surface area (Å²) in [5.74, 6) is 3.43. The van der Waals surface area contributed by atoms with Gasteiger partial charge >= 0.3 is 11.9 Å². The van der Waals surface area contributed by atoms with Gasteiger partial charge in [-0.25, -0.2) is 4.79 Å². The Bertz CT molecular complexity index is 1750. The molecule has 10 unspecified atom stereocenters. The van der Waals surface area contributed by atoms with E-state index in [9.17, 15) is 4.79 Å². The van der Waals surface area contributed by atoms with Crippen molar-refractivity contribution >= 4 is 11.9 Å². The lowest BCUT2D eigenvalue weighted by Gasteiger charge is -2.69. The minimum absolute atomic E-state index is 0.118. The molecule has 7 heteroatoms. The van der Waals surface area contributed by atoms with Gasteiger partial charge in [-0.3, -0.25) is 9.69 Å². The number of allylic oxidation sites excluding steroid dienone is 2. The third kappa shape index (κ3) is 5.10. The molecule has 12 rings (SSSR count). The highest BCUT2D eigenvalue weighted by molar-refractivity contribution is 5.99. The van der Waals surface area contributed by atoms with Crippen molar-refractivity contribution < 1.29 is 19.1 Å². The molecule has 0 amide bonds. The molecule has 3 aliphatic carbocycles. The van der Waals surface area contributed by atoms with Crippen LogP contribution in [0.25, 0.3) is 0 Å². The zero-order valence-corrected chi connectivity index (χ0v) is 33.0. The van der Waals surface area contributed by atoms with Crippen molar-refractivity contribution in [1.82, 2.24) is 9.80 Å². The first-order valence-electron chi connectivity index (χ1n) is 21.4. The smallest absolute Gasteiger partial charge is 0.339 e. The molecule has 3 saturated heterocycles. The second-order valence-corrected chi connectivity index (χ2v) is 19.3. The Balaban J connectivity index is 1.26. The summed E-state index contributed by atoms with van der Waals surface area (Å²) in [5, 5.41) is 0. The van der Waals surface area contributed by atoms with Gasteiger partial charge in [0.1, 0.15) is 11.2 Å². The first-order valence-corrected chi connectivity index (χ1v) is 21.4. The Labute approximate surface area is 317 Å². The van der Waals surface area contributed by atoms with Crippen LogP contribution in [0.4, 0.5) is 0 Å². The van der Waals surface area contributed by atoms with Crippen molar-refractivity contribution in [2.75, 3.05) is 32.7 Å². The molecule has 1 aromatic carbocycles. The average molecular weight is 722 g/mol. The van der Waals surface area contributed by atoms with E-state index in [1.165, 1.54) is 17.7 Å². The number of carbonyl (C=O) groups excluding carboxylic acids is 2. The molecule has 8 heterocycles. The number of benzene rings is 1. The van der Waals surface area contributed by atoms with Crippen LogP contribution in [-0.4, -0.2) is 60.5 Å². The van der Waals surface area contributed by atoms with Gasteiger partial charge in [-0.15, -0.1) is 0 Å². The van der Waals surface area contributed by atoms with Gasteiger partial charge in [-0.2, -0.15) is 0 Å². The molecule has 8 aliphatic heterocycles. The third-order valence-electron chi connectivity index (χ3n) is 15.5. The van der Waals surface area contributed by atoms with Crippen LogP contribution in [-0.2, 0) is 26.3 Å². The summed E-state index contributed by atoms with van der Waals surface area (Å²) in [6.45, 7) is 16.8. The second kappa shape index (κ2) is 13.1. The van der Waals surface area contributed by atoms with Crippen molar-refractivity contribution in [2.24, 2.45) is 58.0 Å². The molecule has 8 bridgehead atoms. The standard InChI is InChI=1S/C46H63N3O4/c1-28(2)11-12-30(4)21-39-44-23-35-17-18-45(44,46(39)37-10-6-8-34(9-7-19-47)41(37)42(50)53-46)40(52-43(44)51)16-14-31(5)48-24-32-22-33(25-48)27-49(26-32)38-15-13-29(3)20-36(35)38/h6,8,10,15-16,23,28-33,36,39H,7,9,11-14,17-22,24-27,47H2,1-5H3. The number of hydrogen-bond donors (Lipinski definition) is 1. The Kier molecular flexibility index (Phi) is 8.85. The Morgan fingerprint density at radius 2 is 1.77 bits per heavy atom. The molecule has 10 atom stereocenters. The van der Waals surface area contributed by atoms with Crippen LogP contribution in [0.1, 0.15) is 120 Å². The van der Waals surface area contributed by atoms with Crippen molar-refractivity contribution in [3.63, 3.8) is 0 Å². The number of esters is 2. The predicted octanol–water partition coefficient (Wildman–Crippen LogP) is 8.15. The van der Waals surface area contributed by atoms with Gasteiger partial charge in [0.15, 0.2) is 5.60 Å². The third-order valence-corrected chi connectivity index (χ3v) is 15.5. The maximum Gasteiger partial charge on any atom is 0.339 e. The largest absolute Gasteiger partial charge is 0.449 e. The molecule has 0 radical (unpaired) electrons. The van der Waals surface area contributed by atoms with Gasteiger partial charge < -0.3 is 20.1 Å². The van der Waals surface area contributed by atoms with E-state index < -0.39 is 16.4 Å². The lowest BCUT2D eigenvalue weighted by atomic mass is 9.31. The van der Waals surface area contributed by atoms with Crippen LogP contribution in [0.2, 0.25) is 0 Å². The van der Waals surface area contributed by atoms with E-state index in [1.54, 1.807) is 0 Å². The number of hydrogen-bond acceptors (Lipinski definition) is 7. The molecule has 2 spiro atoms. The van der Waals surface area contributed by atoms with Gasteiger partial charge in [0.05, 0.1) is 11.0 Å². The zero-order valence-electron chi connectivity index (χ0n) is 33.0. The fraction of sp³-hybridized carbons (Fsp3) is 0.696. The van der Waals surface area contributed by atoms with Crippen LogP contribution in [0.3, 0.4) is 0 Å².